The predicted octanol–water partition coefficient (Wildman–Crippen LogP) is 5.76. The minimum Gasteiger partial charge on any atom is -0.444 e. The first kappa shape index (κ1) is 22.6. The fraction of sp³-hybridized carbons (Fsp3) is 0.950. The van der Waals surface area contributed by atoms with Crippen LogP contribution in [-0.2, 0) is 8.92 Å². The first-order valence-corrected chi connectivity index (χ1v) is 10.5. The van der Waals surface area contributed by atoms with Crippen molar-refractivity contribution in [3.8, 4) is 0 Å². The molecule has 2 unspecified atom stereocenters. The normalized spacial score (nSPS) is 22.1. The third kappa shape index (κ3) is 8.21. The number of carbonyl (C=O) groups excluding carboxylic acids is 1. The van der Waals surface area contributed by atoms with E-state index in [-0.39, 0.29) is 17.0 Å². The van der Waals surface area contributed by atoms with E-state index in [9.17, 15) is 4.79 Å². The van der Waals surface area contributed by atoms with E-state index < -0.39 is 5.60 Å². The molecule has 0 aliphatic carbocycles. The van der Waals surface area contributed by atoms with E-state index in [0.717, 1.165) is 32.4 Å². The van der Waals surface area contributed by atoms with Crippen LogP contribution in [0.2, 0.25) is 0 Å². The number of amides is 1. The highest BCUT2D eigenvalue weighted by molar-refractivity contribution is 7.93. The molecule has 0 N–H and O–H groups in total. The van der Waals surface area contributed by atoms with Crippen LogP contribution >= 0.6 is 12.0 Å². The first-order valence-electron chi connectivity index (χ1n) is 9.40. The Morgan fingerprint density at radius 2 is 1.84 bits per heavy atom. The SMILES string of the molecule is CSOCC(CC1CN(C(=O)OC(C)(C)C)C(C)(C)C1)CC(C)(C)C. The highest BCUT2D eigenvalue weighted by Crippen LogP contribution is 2.39. The van der Waals surface area contributed by atoms with Crippen LogP contribution in [0.3, 0.4) is 0 Å². The molecule has 4 nitrogen and oxygen atoms in total. The Bertz CT molecular complexity index is 437. The summed E-state index contributed by atoms with van der Waals surface area (Å²) >= 11 is 1.44. The Labute approximate surface area is 159 Å². The Morgan fingerprint density at radius 1 is 1.24 bits per heavy atom. The van der Waals surface area contributed by atoms with Crippen molar-refractivity contribution >= 4 is 18.1 Å². The van der Waals surface area contributed by atoms with Crippen LogP contribution in [0.1, 0.15) is 74.7 Å². The number of hydrogen-bond donors (Lipinski definition) is 0. The van der Waals surface area contributed by atoms with Crippen LogP contribution < -0.4 is 0 Å². The monoisotopic (exact) mass is 373 g/mol. The zero-order valence-electron chi connectivity index (χ0n) is 17.8. The lowest BCUT2D eigenvalue weighted by atomic mass is 9.80. The van der Waals surface area contributed by atoms with Crippen molar-refractivity contribution in [3.63, 3.8) is 0 Å². The van der Waals surface area contributed by atoms with Gasteiger partial charge in [0.05, 0.1) is 6.61 Å². The van der Waals surface area contributed by atoms with Crippen LogP contribution in [0.5, 0.6) is 0 Å². The molecule has 0 radical (unpaired) electrons. The van der Waals surface area contributed by atoms with Crippen molar-refractivity contribution in [2.45, 2.75) is 85.8 Å². The van der Waals surface area contributed by atoms with Gasteiger partial charge in [-0.15, -0.1) is 0 Å². The van der Waals surface area contributed by atoms with E-state index in [4.69, 9.17) is 8.92 Å². The van der Waals surface area contributed by atoms with E-state index in [1.165, 1.54) is 12.0 Å². The standard InChI is InChI=1S/C20H39NO3S/c1-18(2,3)11-16(14-23-25-9)10-15-12-20(7,8)21(13-15)17(22)24-19(4,5)6/h15-16H,10-14H2,1-9H3. The van der Waals surface area contributed by atoms with Crippen molar-refractivity contribution in [2.24, 2.45) is 17.3 Å². The molecular formula is C20H39NO3S. The molecule has 0 aromatic rings. The molecule has 1 saturated heterocycles. The highest BCUT2D eigenvalue weighted by atomic mass is 32.2. The molecule has 1 amide bonds. The fourth-order valence-electron chi connectivity index (χ4n) is 3.90. The van der Waals surface area contributed by atoms with E-state index in [1.54, 1.807) is 0 Å². The second kappa shape index (κ2) is 8.51. The zero-order chi connectivity index (χ0) is 19.5. The van der Waals surface area contributed by atoms with Gasteiger partial charge >= 0.3 is 6.09 Å². The molecule has 5 heteroatoms. The van der Waals surface area contributed by atoms with Crippen molar-refractivity contribution in [1.82, 2.24) is 4.90 Å². The van der Waals surface area contributed by atoms with Gasteiger partial charge in [0, 0.05) is 18.3 Å². The van der Waals surface area contributed by atoms with Gasteiger partial charge in [0.2, 0.25) is 0 Å². The smallest absolute Gasteiger partial charge is 0.410 e. The zero-order valence-corrected chi connectivity index (χ0v) is 18.6. The lowest BCUT2D eigenvalue weighted by Gasteiger charge is -2.33. The first-order chi connectivity index (χ1) is 11.2. The van der Waals surface area contributed by atoms with Gasteiger partial charge in [-0.3, -0.25) is 0 Å². The predicted molar refractivity (Wildman–Crippen MR) is 107 cm³/mol. The highest BCUT2D eigenvalue weighted by Gasteiger charge is 2.43. The summed E-state index contributed by atoms with van der Waals surface area (Å²) in [4.78, 5) is 14.5. The van der Waals surface area contributed by atoms with Gasteiger partial charge in [-0.2, -0.15) is 0 Å². The second-order valence-corrected chi connectivity index (χ2v) is 10.9. The molecule has 0 aromatic heterocycles. The second-order valence-electron chi connectivity index (χ2n) is 10.3. The van der Waals surface area contributed by atoms with Gasteiger partial charge in [0.1, 0.15) is 5.60 Å². The Hall–Kier alpha value is -0.420. The van der Waals surface area contributed by atoms with Gasteiger partial charge in [-0.1, -0.05) is 20.8 Å². The summed E-state index contributed by atoms with van der Waals surface area (Å²) in [7, 11) is 0. The summed E-state index contributed by atoms with van der Waals surface area (Å²) in [5.74, 6) is 1.02. The maximum absolute atomic E-state index is 12.6. The number of carbonyl (C=O) groups is 1. The molecule has 1 rings (SSSR count). The van der Waals surface area contributed by atoms with Crippen LogP contribution in [0.4, 0.5) is 4.79 Å². The number of nitrogens with zero attached hydrogens (tertiary/aromatic N) is 1. The molecule has 0 saturated carbocycles. The van der Waals surface area contributed by atoms with Crippen molar-refractivity contribution in [2.75, 3.05) is 19.4 Å². The fourth-order valence-corrected chi connectivity index (χ4v) is 4.22. The number of hydrogen-bond acceptors (Lipinski definition) is 4. The molecule has 0 bridgehead atoms. The van der Waals surface area contributed by atoms with E-state index in [1.807, 2.05) is 31.9 Å². The number of rotatable bonds is 6. The van der Waals surface area contributed by atoms with Crippen LogP contribution in [0, 0.1) is 17.3 Å². The average molecular weight is 374 g/mol. The summed E-state index contributed by atoms with van der Waals surface area (Å²) in [5, 5.41) is 0. The van der Waals surface area contributed by atoms with Crippen LogP contribution in [0.25, 0.3) is 0 Å². The van der Waals surface area contributed by atoms with Crippen molar-refractivity contribution < 1.29 is 13.7 Å². The average Bonchev–Trinajstić information content (AvgIpc) is 2.67. The molecule has 0 aromatic carbocycles. The molecule has 148 valence electrons. The van der Waals surface area contributed by atoms with Gasteiger partial charge in [-0.05, 0) is 83.2 Å². The molecule has 0 spiro atoms. The van der Waals surface area contributed by atoms with Gasteiger partial charge in [-0.25, -0.2) is 4.79 Å². The molecule has 1 aliphatic heterocycles. The number of likely N-dealkylation sites (tertiary alicyclic amines) is 1. The summed E-state index contributed by atoms with van der Waals surface area (Å²) in [6, 6.07) is 0. The summed E-state index contributed by atoms with van der Waals surface area (Å²) in [5.41, 5.74) is -0.322. The molecular weight excluding hydrogens is 334 g/mol. The molecule has 1 heterocycles. The lowest BCUT2D eigenvalue weighted by Crippen LogP contribution is -2.45. The molecule has 1 fully saturated rings. The summed E-state index contributed by atoms with van der Waals surface area (Å²) in [6.45, 7) is 18.5. The summed E-state index contributed by atoms with van der Waals surface area (Å²) in [6.07, 6.45) is 5.04. The topological polar surface area (TPSA) is 38.8 Å². The molecule has 25 heavy (non-hydrogen) atoms. The maximum Gasteiger partial charge on any atom is 0.410 e. The van der Waals surface area contributed by atoms with E-state index in [0.29, 0.717) is 11.8 Å². The van der Waals surface area contributed by atoms with Gasteiger partial charge in [0.25, 0.3) is 0 Å². The minimum absolute atomic E-state index is 0.153. The third-order valence-electron chi connectivity index (χ3n) is 4.56. The summed E-state index contributed by atoms with van der Waals surface area (Å²) < 4.78 is 11.3. The quantitative estimate of drug-likeness (QED) is 0.555. The Morgan fingerprint density at radius 3 is 2.32 bits per heavy atom. The Balaban J connectivity index is 2.74. The number of ether oxygens (including phenoxy) is 1. The van der Waals surface area contributed by atoms with E-state index >= 15 is 0 Å². The Kier molecular flexibility index (Phi) is 7.70. The largest absolute Gasteiger partial charge is 0.444 e. The van der Waals surface area contributed by atoms with Crippen LogP contribution in [-0.4, -0.2) is 41.5 Å². The van der Waals surface area contributed by atoms with E-state index in [2.05, 4.69) is 34.6 Å². The van der Waals surface area contributed by atoms with Crippen molar-refractivity contribution in [1.29, 1.82) is 0 Å². The maximum atomic E-state index is 12.6. The lowest BCUT2D eigenvalue weighted by molar-refractivity contribution is 0.0130. The van der Waals surface area contributed by atoms with Gasteiger partial charge in [0.15, 0.2) is 0 Å². The van der Waals surface area contributed by atoms with Gasteiger partial charge < -0.3 is 13.8 Å². The minimum atomic E-state index is -0.452. The molecule has 2 atom stereocenters. The third-order valence-corrected chi connectivity index (χ3v) is 4.93. The van der Waals surface area contributed by atoms with Crippen molar-refractivity contribution in [3.05, 3.63) is 0 Å². The van der Waals surface area contributed by atoms with Crippen LogP contribution in [0.15, 0.2) is 0 Å². The molecule has 1 aliphatic rings.